The monoisotopic (exact) mass is 195 g/mol. The number of hydrogen-bond donors (Lipinski definition) is 0. The van der Waals surface area contributed by atoms with Crippen molar-refractivity contribution in [1.82, 2.24) is 0 Å². The fraction of sp³-hybridized carbons (Fsp3) is 0.125. The van der Waals surface area contributed by atoms with Gasteiger partial charge < -0.3 is 0 Å². The predicted octanol–water partition coefficient (Wildman–Crippen LogP) is 2.21. The molecule has 0 bridgehead atoms. The van der Waals surface area contributed by atoms with Crippen LogP contribution in [0.15, 0.2) is 41.1 Å². The van der Waals surface area contributed by atoms with E-state index in [1.807, 2.05) is 18.4 Å². The van der Waals surface area contributed by atoms with Gasteiger partial charge in [0.05, 0.1) is 10.5 Å². The number of nitrogens with zero attached hydrogens (tertiary/aromatic N) is 1. The van der Waals surface area contributed by atoms with E-state index in [-0.39, 0.29) is 0 Å². The summed E-state index contributed by atoms with van der Waals surface area (Å²) in [5, 5.41) is 0. The van der Waals surface area contributed by atoms with Gasteiger partial charge in [0.25, 0.3) is 0 Å². The summed E-state index contributed by atoms with van der Waals surface area (Å²) in [6.07, 6.45) is 10.0. The summed E-state index contributed by atoms with van der Waals surface area (Å²) >= 11 is 3.50. The minimum Gasteiger partial charge on any atom is -0.259 e. The lowest BCUT2D eigenvalue weighted by Gasteiger charge is -2.09. The van der Waals surface area contributed by atoms with Crippen molar-refractivity contribution in [2.24, 2.45) is 4.99 Å². The Hall–Kier alpha value is -0.630. The second kappa shape index (κ2) is 2.20. The van der Waals surface area contributed by atoms with E-state index in [2.05, 4.69) is 33.1 Å². The lowest BCUT2D eigenvalue weighted by molar-refractivity contribution is 1.45. The molecule has 50 valence electrons. The van der Waals surface area contributed by atoms with Gasteiger partial charge in [-0.05, 0) is 11.6 Å². The molecule has 0 saturated carbocycles. The Morgan fingerprint density at radius 3 is 3.20 bits per heavy atom. The summed E-state index contributed by atoms with van der Waals surface area (Å²) in [5.74, 6) is 0. The maximum absolute atomic E-state index is 4.21. The van der Waals surface area contributed by atoms with Crippen LogP contribution in [0.4, 0.5) is 0 Å². The molecule has 1 nitrogen and oxygen atoms in total. The molecule has 0 saturated heterocycles. The zero-order chi connectivity index (χ0) is 6.97. The molecule has 0 radical (unpaired) electrons. The lowest BCUT2D eigenvalue weighted by Crippen LogP contribution is -2.13. The molecule has 0 aromatic rings. The number of allylic oxidation sites excluding steroid dienone is 5. The summed E-state index contributed by atoms with van der Waals surface area (Å²) in [4.78, 5) is 4.52. The Balaban J connectivity index is 2.45. The topological polar surface area (TPSA) is 12.4 Å². The fourth-order valence-corrected chi connectivity index (χ4v) is 1.64. The van der Waals surface area contributed by atoms with Gasteiger partial charge in [-0.3, -0.25) is 4.99 Å². The third-order valence-corrected chi connectivity index (χ3v) is 2.32. The third-order valence-electron chi connectivity index (χ3n) is 1.58. The lowest BCUT2D eigenvalue weighted by atomic mass is 10.0. The van der Waals surface area contributed by atoms with Crippen molar-refractivity contribution in [3.05, 3.63) is 36.1 Å². The minimum absolute atomic E-state index is 0.308. The molecule has 1 aliphatic heterocycles. The average molecular weight is 196 g/mol. The largest absolute Gasteiger partial charge is 0.259 e. The number of aliphatic imine (C=N–C) groups is 1. The minimum atomic E-state index is 0.308. The number of halogens is 1. The smallest absolute Gasteiger partial charge is 0.0757 e. The Morgan fingerprint density at radius 2 is 2.40 bits per heavy atom. The van der Waals surface area contributed by atoms with Gasteiger partial charge in [-0.1, -0.05) is 34.2 Å². The number of alkyl halides is 1. The molecule has 2 aliphatic rings. The van der Waals surface area contributed by atoms with Crippen molar-refractivity contribution in [2.75, 3.05) is 0 Å². The van der Waals surface area contributed by atoms with E-state index in [0.717, 1.165) is 5.71 Å². The van der Waals surface area contributed by atoms with Crippen LogP contribution < -0.4 is 0 Å². The van der Waals surface area contributed by atoms with E-state index >= 15 is 0 Å². The number of fused-ring (bicyclic) bond motifs is 1. The molecule has 0 aromatic carbocycles. The molecule has 0 amide bonds. The highest BCUT2D eigenvalue weighted by atomic mass is 79.9. The van der Waals surface area contributed by atoms with Crippen LogP contribution in [0.3, 0.4) is 0 Å². The molecule has 0 aromatic heterocycles. The van der Waals surface area contributed by atoms with E-state index in [0.29, 0.717) is 4.83 Å². The highest BCUT2D eigenvalue weighted by Crippen LogP contribution is 2.21. The second-order valence-electron chi connectivity index (χ2n) is 2.24. The highest BCUT2D eigenvalue weighted by molar-refractivity contribution is 9.10. The Morgan fingerprint density at radius 1 is 1.50 bits per heavy atom. The molecule has 1 aliphatic carbocycles. The van der Waals surface area contributed by atoms with Crippen LogP contribution in [0, 0.1) is 0 Å². The third kappa shape index (κ3) is 0.797. The summed E-state index contributed by atoms with van der Waals surface area (Å²) < 4.78 is 0. The Labute approximate surface area is 68.0 Å². The van der Waals surface area contributed by atoms with Crippen LogP contribution >= 0.6 is 15.9 Å². The molecule has 10 heavy (non-hydrogen) atoms. The van der Waals surface area contributed by atoms with Gasteiger partial charge in [-0.2, -0.15) is 0 Å². The average Bonchev–Trinajstić information content (AvgIpc) is 2.36. The molecular formula is C8H6BrN. The maximum Gasteiger partial charge on any atom is 0.0757 e. The zero-order valence-corrected chi connectivity index (χ0v) is 6.88. The van der Waals surface area contributed by atoms with E-state index in [1.54, 1.807) is 0 Å². The number of rotatable bonds is 0. The van der Waals surface area contributed by atoms with Crippen molar-refractivity contribution < 1.29 is 0 Å². The van der Waals surface area contributed by atoms with Crippen molar-refractivity contribution in [2.45, 2.75) is 4.83 Å². The molecule has 2 rings (SSSR count). The number of hydrogen-bond acceptors (Lipinski definition) is 1. The van der Waals surface area contributed by atoms with Gasteiger partial charge in [0, 0.05) is 6.20 Å². The first-order valence-electron chi connectivity index (χ1n) is 3.15. The quantitative estimate of drug-likeness (QED) is 0.526. The van der Waals surface area contributed by atoms with Crippen LogP contribution in [0.2, 0.25) is 0 Å². The predicted molar refractivity (Wildman–Crippen MR) is 46.5 cm³/mol. The first kappa shape index (κ1) is 6.10. The van der Waals surface area contributed by atoms with Crippen molar-refractivity contribution in [1.29, 1.82) is 0 Å². The van der Waals surface area contributed by atoms with Gasteiger partial charge in [-0.15, -0.1) is 0 Å². The molecular weight excluding hydrogens is 190 g/mol. The maximum atomic E-state index is 4.21. The van der Waals surface area contributed by atoms with E-state index in [1.165, 1.54) is 5.57 Å². The summed E-state index contributed by atoms with van der Waals surface area (Å²) in [6.45, 7) is 0. The normalized spacial score (nSPS) is 27.9. The van der Waals surface area contributed by atoms with Gasteiger partial charge in [0.15, 0.2) is 0 Å². The second-order valence-corrected chi connectivity index (χ2v) is 3.23. The van der Waals surface area contributed by atoms with Crippen molar-refractivity contribution in [3.63, 3.8) is 0 Å². The summed E-state index contributed by atoms with van der Waals surface area (Å²) in [6, 6.07) is 0. The van der Waals surface area contributed by atoms with E-state index in [4.69, 9.17) is 0 Å². The molecule has 1 heterocycles. The summed E-state index contributed by atoms with van der Waals surface area (Å²) in [7, 11) is 0. The Bertz CT molecular complexity index is 271. The van der Waals surface area contributed by atoms with Crippen molar-refractivity contribution in [3.8, 4) is 0 Å². The van der Waals surface area contributed by atoms with Gasteiger partial charge >= 0.3 is 0 Å². The standard InChI is InChI=1S/C8H6BrN/c9-7-3-1-2-6-4-5-10-8(6)7/h1-5,7H/t7-/m1/s1. The molecule has 0 fully saturated rings. The van der Waals surface area contributed by atoms with E-state index < -0.39 is 0 Å². The molecule has 0 spiro atoms. The van der Waals surface area contributed by atoms with Crippen LogP contribution in [0.1, 0.15) is 0 Å². The van der Waals surface area contributed by atoms with Crippen LogP contribution in [0.25, 0.3) is 0 Å². The first-order chi connectivity index (χ1) is 4.88. The van der Waals surface area contributed by atoms with Crippen LogP contribution in [0.5, 0.6) is 0 Å². The van der Waals surface area contributed by atoms with Gasteiger partial charge in [0.2, 0.25) is 0 Å². The molecule has 1 atom stereocenters. The highest BCUT2D eigenvalue weighted by Gasteiger charge is 2.16. The van der Waals surface area contributed by atoms with Crippen LogP contribution in [-0.2, 0) is 0 Å². The molecule has 0 N–H and O–H groups in total. The summed E-state index contributed by atoms with van der Waals surface area (Å²) in [5.41, 5.74) is 2.35. The molecule has 0 unspecified atom stereocenters. The molecule has 2 heteroatoms. The first-order valence-corrected chi connectivity index (χ1v) is 4.07. The SMILES string of the molecule is Br[C@@H]1C=CC=C2C=CN=C21. The zero-order valence-electron chi connectivity index (χ0n) is 5.29. The Kier molecular flexibility index (Phi) is 1.34. The van der Waals surface area contributed by atoms with Gasteiger partial charge in [-0.25, -0.2) is 0 Å². The van der Waals surface area contributed by atoms with Gasteiger partial charge in [0.1, 0.15) is 0 Å². The van der Waals surface area contributed by atoms with Crippen molar-refractivity contribution >= 4 is 21.6 Å². The van der Waals surface area contributed by atoms with E-state index in [9.17, 15) is 0 Å². The van der Waals surface area contributed by atoms with Crippen LogP contribution in [-0.4, -0.2) is 10.5 Å². The fourth-order valence-electron chi connectivity index (χ4n) is 1.08.